The highest BCUT2D eigenvalue weighted by atomic mass is 15.2. The Bertz CT molecular complexity index is 987. The van der Waals surface area contributed by atoms with Gasteiger partial charge in [0.25, 0.3) is 0 Å². The maximum atomic E-state index is 4.42. The van der Waals surface area contributed by atoms with Gasteiger partial charge in [-0.05, 0) is 129 Å². The van der Waals surface area contributed by atoms with Gasteiger partial charge in [-0.3, -0.25) is 0 Å². The van der Waals surface area contributed by atoms with Crippen LogP contribution in [0.15, 0.2) is 22.3 Å². The fourth-order valence-corrected chi connectivity index (χ4v) is 4.89. The van der Waals surface area contributed by atoms with Gasteiger partial charge < -0.3 is 0 Å². The Morgan fingerprint density at radius 3 is 1.97 bits per heavy atom. The zero-order valence-electron chi connectivity index (χ0n) is 20.2. The van der Waals surface area contributed by atoms with Crippen molar-refractivity contribution in [3.05, 3.63) is 67.8 Å². The first kappa shape index (κ1) is 22.5. The lowest BCUT2D eigenvalue weighted by Gasteiger charge is -2.29. The summed E-state index contributed by atoms with van der Waals surface area (Å²) in [5, 5.41) is 8.81. The van der Waals surface area contributed by atoms with Crippen LogP contribution in [0.4, 0.5) is 0 Å². The Morgan fingerprint density at radius 1 is 0.667 bits per heavy atom. The van der Waals surface area contributed by atoms with Crippen LogP contribution in [0.3, 0.4) is 0 Å². The van der Waals surface area contributed by atoms with E-state index in [1.165, 1.54) is 70.2 Å². The number of nitrogens with zero attached hydrogens (tertiary/aromatic N) is 2. The second-order valence-electron chi connectivity index (χ2n) is 9.55. The summed E-state index contributed by atoms with van der Waals surface area (Å²) in [6.07, 6.45) is 9.19. The molecule has 0 saturated heterocycles. The van der Waals surface area contributed by atoms with E-state index < -0.39 is 0 Å². The van der Waals surface area contributed by atoms with Gasteiger partial charge in [-0.1, -0.05) is 25.8 Å². The van der Waals surface area contributed by atoms with E-state index in [9.17, 15) is 0 Å². The summed E-state index contributed by atoms with van der Waals surface area (Å²) in [4.78, 5) is 0. The zero-order chi connectivity index (χ0) is 22.0. The molecule has 2 nitrogen and oxygen atoms in total. The molecule has 0 amide bonds. The van der Waals surface area contributed by atoms with Crippen molar-refractivity contribution in [3.63, 3.8) is 0 Å². The quantitative estimate of drug-likeness (QED) is 0.372. The first-order valence-electron chi connectivity index (χ1n) is 11.4. The van der Waals surface area contributed by atoms with Gasteiger partial charge in [0, 0.05) is 5.56 Å². The van der Waals surface area contributed by atoms with Crippen LogP contribution in [0.1, 0.15) is 94.2 Å². The van der Waals surface area contributed by atoms with Gasteiger partial charge in [-0.15, -0.1) is 0 Å². The third-order valence-corrected chi connectivity index (χ3v) is 7.62. The van der Waals surface area contributed by atoms with Gasteiger partial charge >= 0.3 is 0 Å². The molecule has 30 heavy (non-hydrogen) atoms. The van der Waals surface area contributed by atoms with Crippen LogP contribution in [0, 0.1) is 54.4 Å². The molecule has 1 saturated carbocycles. The minimum atomic E-state index is 0.721. The molecule has 0 aliphatic heterocycles. The molecule has 160 valence electrons. The summed E-state index contributed by atoms with van der Waals surface area (Å²) in [6.45, 7) is 17.8. The SMILES string of the molecule is Cc1cc(C=NN=Cc2c(C)cc(C3CCC(C)CC3)c(C)c2C)c(C)c(C)c1C. The highest BCUT2D eigenvalue weighted by Gasteiger charge is 2.22. The standard InChI is InChI=1S/C28H38N2/c1-17-9-11-25(12-10-17)27-14-19(3)28(24(8)23(27)7)16-30-29-15-26-13-18(2)20(4)21(5)22(26)6/h13-17,25H,9-12H2,1-8H3. The third kappa shape index (κ3) is 4.58. The number of hydrogen-bond donors (Lipinski definition) is 0. The fourth-order valence-electron chi connectivity index (χ4n) is 4.89. The van der Waals surface area contributed by atoms with Gasteiger partial charge in [0.1, 0.15) is 0 Å². The molecular formula is C28H38N2. The second kappa shape index (κ2) is 9.29. The van der Waals surface area contributed by atoms with Crippen molar-refractivity contribution >= 4 is 12.4 Å². The topological polar surface area (TPSA) is 24.7 Å². The van der Waals surface area contributed by atoms with Crippen molar-refractivity contribution in [1.29, 1.82) is 0 Å². The Balaban J connectivity index is 1.83. The Morgan fingerprint density at radius 2 is 1.30 bits per heavy atom. The van der Waals surface area contributed by atoms with E-state index >= 15 is 0 Å². The van der Waals surface area contributed by atoms with Crippen molar-refractivity contribution in [2.45, 2.75) is 87.0 Å². The zero-order valence-corrected chi connectivity index (χ0v) is 20.2. The average Bonchev–Trinajstić information content (AvgIpc) is 2.72. The molecule has 2 heteroatoms. The van der Waals surface area contributed by atoms with Crippen LogP contribution in [0.2, 0.25) is 0 Å². The van der Waals surface area contributed by atoms with E-state index in [2.05, 4.69) is 77.7 Å². The Labute approximate surface area is 183 Å². The predicted octanol–water partition coefficient (Wildman–Crippen LogP) is 7.59. The number of aryl methyl sites for hydroxylation is 2. The molecule has 0 unspecified atom stereocenters. The largest absolute Gasteiger partial charge is 0.159 e. The molecule has 1 fully saturated rings. The van der Waals surface area contributed by atoms with Crippen molar-refractivity contribution in [3.8, 4) is 0 Å². The van der Waals surface area contributed by atoms with Crippen LogP contribution in [0.5, 0.6) is 0 Å². The number of rotatable bonds is 4. The maximum absolute atomic E-state index is 4.42. The Hall–Kier alpha value is -2.22. The van der Waals surface area contributed by atoms with Crippen molar-refractivity contribution in [1.82, 2.24) is 0 Å². The molecule has 2 aromatic rings. The molecule has 0 spiro atoms. The first-order valence-corrected chi connectivity index (χ1v) is 11.4. The van der Waals surface area contributed by atoms with Crippen LogP contribution in [-0.2, 0) is 0 Å². The highest BCUT2D eigenvalue weighted by molar-refractivity contribution is 5.87. The molecule has 1 aliphatic rings. The van der Waals surface area contributed by atoms with Gasteiger partial charge in [0.2, 0.25) is 0 Å². The van der Waals surface area contributed by atoms with Crippen molar-refractivity contribution < 1.29 is 0 Å². The summed E-state index contributed by atoms with van der Waals surface area (Å²) in [5.74, 6) is 1.61. The van der Waals surface area contributed by atoms with Crippen LogP contribution < -0.4 is 0 Å². The summed E-state index contributed by atoms with van der Waals surface area (Å²) in [5.41, 5.74) is 13.3. The van der Waals surface area contributed by atoms with Crippen LogP contribution in [0.25, 0.3) is 0 Å². The van der Waals surface area contributed by atoms with Crippen molar-refractivity contribution in [2.75, 3.05) is 0 Å². The molecule has 0 atom stereocenters. The molecule has 0 aromatic heterocycles. The minimum Gasteiger partial charge on any atom is -0.159 e. The van der Waals surface area contributed by atoms with E-state index in [0.29, 0.717) is 0 Å². The van der Waals surface area contributed by atoms with Gasteiger partial charge in [-0.2, -0.15) is 10.2 Å². The normalized spacial score (nSPS) is 19.9. The lowest BCUT2D eigenvalue weighted by atomic mass is 9.76. The monoisotopic (exact) mass is 402 g/mol. The molecule has 1 aliphatic carbocycles. The smallest absolute Gasteiger partial charge is 0.0573 e. The fraction of sp³-hybridized carbons (Fsp3) is 0.500. The van der Waals surface area contributed by atoms with E-state index in [1.807, 2.05) is 12.4 Å². The molecule has 0 heterocycles. The lowest BCUT2D eigenvalue weighted by Crippen LogP contribution is -2.13. The van der Waals surface area contributed by atoms with Crippen molar-refractivity contribution in [2.24, 2.45) is 16.1 Å². The first-order chi connectivity index (χ1) is 14.2. The summed E-state index contributed by atoms with van der Waals surface area (Å²) >= 11 is 0. The average molecular weight is 403 g/mol. The number of benzene rings is 2. The van der Waals surface area contributed by atoms with Gasteiger partial charge in [0.05, 0.1) is 12.4 Å². The number of hydrogen-bond acceptors (Lipinski definition) is 2. The van der Waals surface area contributed by atoms with Crippen LogP contribution in [-0.4, -0.2) is 12.4 Å². The van der Waals surface area contributed by atoms with E-state index in [-0.39, 0.29) is 0 Å². The summed E-state index contributed by atoms with van der Waals surface area (Å²) in [7, 11) is 0. The Kier molecular flexibility index (Phi) is 6.95. The van der Waals surface area contributed by atoms with Gasteiger partial charge in [0.15, 0.2) is 0 Å². The molecular weight excluding hydrogens is 364 g/mol. The molecule has 3 rings (SSSR count). The predicted molar refractivity (Wildman–Crippen MR) is 132 cm³/mol. The third-order valence-electron chi connectivity index (χ3n) is 7.62. The minimum absolute atomic E-state index is 0.721. The van der Waals surface area contributed by atoms with Gasteiger partial charge in [-0.25, -0.2) is 0 Å². The molecule has 0 N–H and O–H groups in total. The molecule has 2 aromatic carbocycles. The molecule has 0 radical (unpaired) electrons. The summed E-state index contributed by atoms with van der Waals surface area (Å²) < 4.78 is 0. The summed E-state index contributed by atoms with van der Waals surface area (Å²) in [6, 6.07) is 4.61. The van der Waals surface area contributed by atoms with E-state index in [4.69, 9.17) is 0 Å². The van der Waals surface area contributed by atoms with E-state index in [1.54, 1.807) is 5.56 Å². The maximum Gasteiger partial charge on any atom is 0.0573 e. The van der Waals surface area contributed by atoms with E-state index in [0.717, 1.165) is 17.4 Å². The second-order valence-corrected chi connectivity index (χ2v) is 9.55. The van der Waals surface area contributed by atoms with Crippen LogP contribution >= 0.6 is 0 Å². The molecule has 0 bridgehead atoms. The highest BCUT2D eigenvalue weighted by Crippen LogP contribution is 2.38. The lowest BCUT2D eigenvalue weighted by molar-refractivity contribution is 0.347.